The Hall–Kier alpha value is -1.92. The summed E-state index contributed by atoms with van der Waals surface area (Å²) in [6, 6.07) is 9.47. The van der Waals surface area contributed by atoms with Crippen molar-refractivity contribution >= 4 is 40.6 Å². The molecule has 0 aliphatic rings. The summed E-state index contributed by atoms with van der Waals surface area (Å²) in [6.45, 7) is 0. The number of nitrogens with one attached hydrogen (secondary N) is 2. The third-order valence-electron chi connectivity index (χ3n) is 2.27. The third-order valence-corrected chi connectivity index (χ3v) is 3.17. The van der Waals surface area contributed by atoms with Crippen molar-refractivity contribution in [2.45, 2.75) is 0 Å². The van der Waals surface area contributed by atoms with E-state index in [0.29, 0.717) is 5.11 Å². The van der Waals surface area contributed by atoms with Crippen molar-refractivity contribution in [1.82, 2.24) is 5.43 Å². The van der Waals surface area contributed by atoms with Crippen LogP contribution >= 0.6 is 23.6 Å². The molecule has 1 aromatic carbocycles. The zero-order valence-corrected chi connectivity index (χ0v) is 11.9. The third kappa shape index (κ3) is 4.35. The van der Waals surface area contributed by atoms with E-state index in [1.54, 1.807) is 24.7 Å². The first-order valence-electron chi connectivity index (χ1n) is 5.54. The molecule has 0 aliphatic heterocycles. The number of hydrogen-bond donors (Lipinski definition) is 2. The number of hydrazone groups is 1. The van der Waals surface area contributed by atoms with E-state index in [4.69, 9.17) is 17.0 Å². The molecule has 0 aliphatic carbocycles. The number of ether oxygens (including phenoxy) is 1. The van der Waals surface area contributed by atoms with E-state index >= 15 is 0 Å². The van der Waals surface area contributed by atoms with Gasteiger partial charge < -0.3 is 10.1 Å². The van der Waals surface area contributed by atoms with E-state index in [0.717, 1.165) is 17.0 Å². The van der Waals surface area contributed by atoms with Gasteiger partial charge in [0.25, 0.3) is 0 Å². The molecular weight excluding hydrogens is 278 g/mol. The summed E-state index contributed by atoms with van der Waals surface area (Å²) < 4.78 is 5.08. The van der Waals surface area contributed by atoms with Crippen molar-refractivity contribution in [1.29, 1.82) is 0 Å². The highest BCUT2D eigenvalue weighted by atomic mass is 32.1. The molecule has 2 aromatic rings. The average Bonchev–Trinajstić information content (AvgIpc) is 2.93. The smallest absolute Gasteiger partial charge is 0.191 e. The first-order chi connectivity index (χ1) is 9.28. The van der Waals surface area contributed by atoms with Gasteiger partial charge in [-0.25, -0.2) is 0 Å². The fourth-order valence-electron chi connectivity index (χ4n) is 1.35. The zero-order valence-electron chi connectivity index (χ0n) is 10.3. The van der Waals surface area contributed by atoms with Crippen LogP contribution < -0.4 is 15.5 Å². The van der Waals surface area contributed by atoms with Gasteiger partial charge >= 0.3 is 0 Å². The number of rotatable bonds is 4. The molecule has 98 valence electrons. The Labute approximate surface area is 121 Å². The Morgan fingerprint density at radius 3 is 2.74 bits per heavy atom. The van der Waals surface area contributed by atoms with Gasteiger partial charge in [-0.3, -0.25) is 5.43 Å². The molecule has 0 unspecified atom stereocenters. The monoisotopic (exact) mass is 291 g/mol. The summed E-state index contributed by atoms with van der Waals surface area (Å²) in [5.74, 6) is 0.805. The zero-order chi connectivity index (χ0) is 13.5. The second kappa shape index (κ2) is 6.86. The molecule has 0 amide bonds. The normalized spacial score (nSPS) is 10.4. The van der Waals surface area contributed by atoms with E-state index in [1.807, 2.05) is 41.1 Å². The lowest BCUT2D eigenvalue weighted by atomic mass is 10.3. The number of anilines is 1. The van der Waals surface area contributed by atoms with Gasteiger partial charge in [0.05, 0.1) is 13.3 Å². The van der Waals surface area contributed by atoms with Crippen LogP contribution in [0.15, 0.2) is 46.2 Å². The van der Waals surface area contributed by atoms with Gasteiger partial charge in [-0.1, -0.05) is 0 Å². The molecule has 0 atom stereocenters. The Morgan fingerprint density at radius 2 is 2.11 bits per heavy atom. The maximum atomic E-state index is 5.13. The lowest BCUT2D eigenvalue weighted by Crippen LogP contribution is -2.23. The molecular formula is C13H13N3OS2. The van der Waals surface area contributed by atoms with E-state index in [2.05, 4.69) is 15.8 Å². The molecule has 0 radical (unpaired) electrons. The Balaban J connectivity index is 1.83. The Morgan fingerprint density at radius 1 is 1.32 bits per heavy atom. The van der Waals surface area contributed by atoms with Gasteiger partial charge in [0, 0.05) is 11.3 Å². The van der Waals surface area contributed by atoms with Crippen LogP contribution in [0.1, 0.15) is 5.56 Å². The first-order valence-corrected chi connectivity index (χ1v) is 6.89. The molecule has 0 saturated heterocycles. The van der Waals surface area contributed by atoms with Crippen LogP contribution in [-0.2, 0) is 0 Å². The summed E-state index contributed by atoms with van der Waals surface area (Å²) in [7, 11) is 1.63. The molecule has 6 heteroatoms. The van der Waals surface area contributed by atoms with E-state index in [9.17, 15) is 0 Å². The fourth-order valence-corrected chi connectivity index (χ4v) is 2.13. The van der Waals surface area contributed by atoms with Gasteiger partial charge in [0.1, 0.15) is 5.75 Å². The van der Waals surface area contributed by atoms with E-state index < -0.39 is 0 Å². The average molecular weight is 291 g/mol. The largest absolute Gasteiger partial charge is 0.497 e. The minimum absolute atomic E-state index is 0.441. The molecule has 0 bridgehead atoms. The minimum atomic E-state index is 0.441. The number of methoxy groups -OCH3 is 1. The summed E-state index contributed by atoms with van der Waals surface area (Å²) in [4.78, 5) is 0. The summed E-state index contributed by atoms with van der Waals surface area (Å²) >= 11 is 6.75. The van der Waals surface area contributed by atoms with Crippen LogP contribution in [0.3, 0.4) is 0 Å². The lowest BCUT2D eigenvalue weighted by Gasteiger charge is -2.07. The molecule has 0 fully saturated rings. The summed E-state index contributed by atoms with van der Waals surface area (Å²) in [6.07, 6.45) is 1.72. The Kier molecular flexibility index (Phi) is 4.88. The van der Waals surface area contributed by atoms with Crippen molar-refractivity contribution < 1.29 is 4.74 Å². The van der Waals surface area contributed by atoms with Crippen molar-refractivity contribution in [2.75, 3.05) is 12.4 Å². The molecule has 1 aromatic heterocycles. The molecule has 1 heterocycles. The SMILES string of the molecule is COc1ccc(NC(=S)N/N=C\c2ccsc2)cc1. The van der Waals surface area contributed by atoms with Crippen molar-refractivity contribution in [3.63, 3.8) is 0 Å². The number of nitrogens with zero attached hydrogens (tertiary/aromatic N) is 1. The maximum absolute atomic E-state index is 5.13. The van der Waals surface area contributed by atoms with Gasteiger partial charge in [-0.2, -0.15) is 16.4 Å². The van der Waals surface area contributed by atoms with Crippen LogP contribution in [0, 0.1) is 0 Å². The molecule has 0 spiro atoms. The molecule has 2 N–H and O–H groups in total. The fraction of sp³-hybridized carbons (Fsp3) is 0.0769. The van der Waals surface area contributed by atoms with Crippen molar-refractivity contribution in [3.05, 3.63) is 46.7 Å². The van der Waals surface area contributed by atoms with Gasteiger partial charge in [-0.05, 0) is 53.3 Å². The van der Waals surface area contributed by atoms with Gasteiger partial charge in [0.15, 0.2) is 5.11 Å². The second-order valence-corrected chi connectivity index (χ2v) is 4.80. The quantitative estimate of drug-likeness (QED) is 0.516. The number of hydrogen-bond acceptors (Lipinski definition) is 4. The predicted octanol–water partition coefficient (Wildman–Crippen LogP) is 3.08. The molecule has 0 saturated carbocycles. The standard InChI is InChI=1S/C13H13N3OS2/c1-17-12-4-2-11(3-5-12)15-13(18)16-14-8-10-6-7-19-9-10/h2-9H,1H3,(H2,15,16,18)/b14-8-. The predicted molar refractivity (Wildman–Crippen MR) is 84.3 cm³/mol. The highest BCUT2D eigenvalue weighted by Crippen LogP contribution is 2.14. The lowest BCUT2D eigenvalue weighted by molar-refractivity contribution is 0.415. The minimum Gasteiger partial charge on any atom is -0.497 e. The summed E-state index contributed by atoms with van der Waals surface area (Å²) in [5.41, 5.74) is 4.69. The van der Waals surface area contributed by atoms with E-state index in [-0.39, 0.29) is 0 Å². The molecule has 2 rings (SSSR count). The van der Waals surface area contributed by atoms with Crippen molar-refractivity contribution in [2.24, 2.45) is 5.10 Å². The molecule has 19 heavy (non-hydrogen) atoms. The van der Waals surface area contributed by atoms with Crippen LogP contribution in [0.25, 0.3) is 0 Å². The highest BCUT2D eigenvalue weighted by Gasteiger charge is 1.96. The van der Waals surface area contributed by atoms with Crippen LogP contribution in [0.2, 0.25) is 0 Å². The second-order valence-electron chi connectivity index (χ2n) is 3.61. The van der Waals surface area contributed by atoms with E-state index in [1.165, 1.54) is 0 Å². The molecule has 4 nitrogen and oxygen atoms in total. The number of thiophene rings is 1. The van der Waals surface area contributed by atoms with Gasteiger partial charge in [-0.15, -0.1) is 0 Å². The van der Waals surface area contributed by atoms with Crippen molar-refractivity contribution in [3.8, 4) is 5.75 Å². The first kappa shape index (κ1) is 13.5. The summed E-state index contributed by atoms with van der Waals surface area (Å²) in [5, 5.41) is 11.5. The number of thiocarbonyl (C=S) groups is 1. The van der Waals surface area contributed by atoms with Crippen LogP contribution in [-0.4, -0.2) is 18.4 Å². The van der Waals surface area contributed by atoms with Crippen LogP contribution in [0.5, 0.6) is 5.75 Å². The highest BCUT2D eigenvalue weighted by molar-refractivity contribution is 7.80. The topological polar surface area (TPSA) is 45.6 Å². The number of benzene rings is 1. The Bertz CT molecular complexity index is 550. The van der Waals surface area contributed by atoms with Crippen LogP contribution in [0.4, 0.5) is 5.69 Å². The maximum Gasteiger partial charge on any atom is 0.191 e. The van der Waals surface area contributed by atoms with Gasteiger partial charge in [0.2, 0.25) is 0 Å².